The van der Waals surface area contributed by atoms with Crippen LogP contribution < -0.4 is 5.32 Å². The summed E-state index contributed by atoms with van der Waals surface area (Å²) in [5.74, 6) is -0.991. The zero-order valence-electron chi connectivity index (χ0n) is 16.4. The Morgan fingerprint density at radius 3 is 2.48 bits per heavy atom. The third kappa shape index (κ3) is 4.65. The number of benzene rings is 1. The Bertz CT molecular complexity index is 999. The molecule has 1 fully saturated rings. The van der Waals surface area contributed by atoms with Crippen molar-refractivity contribution in [1.82, 2.24) is 9.80 Å². The van der Waals surface area contributed by atoms with Gasteiger partial charge >= 0.3 is 6.18 Å². The number of thiophene rings is 1. The normalized spacial score (nSPS) is 18.2. The molecule has 0 bridgehead atoms. The highest BCUT2D eigenvalue weighted by molar-refractivity contribution is 7.11. The Balaban J connectivity index is 1.60. The molecule has 0 atom stereocenters. The van der Waals surface area contributed by atoms with Crippen molar-refractivity contribution in [2.75, 3.05) is 44.7 Å². The number of carbonyl (C=O) groups is 2. The van der Waals surface area contributed by atoms with Crippen molar-refractivity contribution in [2.45, 2.75) is 6.18 Å². The van der Waals surface area contributed by atoms with Gasteiger partial charge in [0, 0.05) is 36.7 Å². The van der Waals surface area contributed by atoms with Gasteiger partial charge in [-0.15, -0.1) is 11.3 Å². The third-order valence-electron chi connectivity index (χ3n) is 5.14. The van der Waals surface area contributed by atoms with E-state index in [0.29, 0.717) is 24.6 Å². The number of ether oxygens (including phenoxy) is 1. The Labute approximate surface area is 180 Å². The predicted octanol–water partition coefficient (Wildman–Crippen LogP) is 3.29. The number of hydrogen-bond donors (Lipinski definition) is 1. The van der Waals surface area contributed by atoms with E-state index in [1.165, 1.54) is 23.5 Å². The quantitative estimate of drug-likeness (QED) is 0.683. The fourth-order valence-corrected chi connectivity index (χ4v) is 4.30. The molecule has 1 saturated heterocycles. The summed E-state index contributed by atoms with van der Waals surface area (Å²) >= 11 is 1.29. The van der Waals surface area contributed by atoms with Gasteiger partial charge in [0.25, 0.3) is 11.8 Å². The zero-order valence-corrected chi connectivity index (χ0v) is 17.3. The number of hydrogen-bond acceptors (Lipinski definition) is 6. The van der Waals surface area contributed by atoms with Crippen molar-refractivity contribution in [3.05, 3.63) is 57.9 Å². The molecule has 3 heterocycles. The number of morpholine rings is 1. The van der Waals surface area contributed by atoms with E-state index in [2.05, 4.69) is 10.2 Å². The summed E-state index contributed by atoms with van der Waals surface area (Å²) in [6.45, 7) is 3.34. The number of imide groups is 1. The fraction of sp³-hybridized carbons (Fsp3) is 0.333. The Hall–Kier alpha value is -2.69. The van der Waals surface area contributed by atoms with Crippen LogP contribution in [0.3, 0.4) is 0 Å². The molecule has 1 aromatic carbocycles. The highest BCUT2D eigenvalue weighted by atomic mass is 32.1. The minimum atomic E-state index is -4.51. The van der Waals surface area contributed by atoms with E-state index >= 15 is 0 Å². The van der Waals surface area contributed by atoms with E-state index in [-0.39, 0.29) is 23.5 Å². The van der Waals surface area contributed by atoms with Gasteiger partial charge in [-0.1, -0.05) is 12.1 Å². The number of anilines is 1. The lowest BCUT2D eigenvalue weighted by atomic mass is 10.1. The van der Waals surface area contributed by atoms with Crippen LogP contribution in [-0.4, -0.2) is 61.0 Å². The summed E-state index contributed by atoms with van der Waals surface area (Å²) in [6, 6.07) is 8.03. The first-order chi connectivity index (χ1) is 14.8. The van der Waals surface area contributed by atoms with Crippen LogP contribution in [0, 0.1) is 0 Å². The van der Waals surface area contributed by atoms with Crippen LogP contribution >= 0.6 is 11.3 Å². The Morgan fingerprint density at radius 2 is 1.81 bits per heavy atom. The molecule has 2 amide bonds. The van der Waals surface area contributed by atoms with E-state index in [0.717, 1.165) is 30.1 Å². The van der Waals surface area contributed by atoms with Gasteiger partial charge in [0.15, 0.2) is 0 Å². The molecule has 0 aliphatic carbocycles. The van der Waals surface area contributed by atoms with Crippen LogP contribution in [0.15, 0.2) is 47.5 Å². The monoisotopic (exact) mass is 451 g/mol. The van der Waals surface area contributed by atoms with E-state index in [4.69, 9.17) is 4.74 Å². The maximum Gasteiger partial charge on any atom is 0.416 e. The van der Waals surface area contributed by atoms with Gasteiger partial charge in [0.05, 0.1) is 24.4 Å². The molecule has 6 nitrogen and oxygen atoms in total. The van der Waals surface area contributed by atoms with Crippen molar-refractivity contribution >= 4 is 34.4 Å². The second-order valence-corrected chi connectivity index (χ2v) is 8.09. The third-order valence-corrected chi connectivity index (χ3v) is 6.03. The summed E-state index contributed by atoms with van der Waals surface area (Å²) in [5.41, 5.74) is -0.570. The van der Waals surface area contributed by atoms with Crippen molar-refractivity contribution < 1.29 is 27.5 Å². The first-order valence-electron chi connectivity index (χ1n) is 9.73. The van der Waals surface area contributed by atoms with Crippen LogP contribution in [0.1, 0.15) is 10.4 Å². The highest BCUT2D eigenvalue weighted by Gasteiger charge is 2.40. The molecule has 2 aromatic rings. The van der Waals surface area contributed by atoms with Gasteiger partial charge in [0.2, 0.25) is 0 Å². The molecule has 10 heteroatoms. The number of nitrogens with zero attached hydrogens (tertiary/aromatic N) is 2. The van der Waals surface area contributed by atoms with Gasteiger partial charge in [-0.3, -0.25) is 19.4 Å². The zero-order chi connectivity index (χ0) is 22.0. The lowest BCUT2D eigenvalue weighted by molar-refractivity contribution is -0.138. The maximum absolute atomic E-state index is 13.1. The number of alkyl halides is 3. The van der Waals surface area contributed by atoms with Crippen molar-refractivity contribution in [3.63, 3.8) is 0 Å². The second kappa shape index (κ2) is 8.81. The van der Waals surface area contributed by atoms with Crippen LogP contribution in [0.2, 0.25) is 0 Å². The number of carbonyl (C=O) groups excluding carboxylic acids is 2. The van der Waals surface area contributed by atoms with Gasteiger partial charge in [-0.05, 0) is 29.6 Å². The molecule has 2 aliphatic heterocycles. The molecule has 0 unspecified atom stereocenters. The number of halogens is 3. The molecule has 0 saturated carbocycles. The molecule has 31 heavy (non-hydrogen) atoms. The number of nitrogens with one attached hydrogen (secondary N) is 1. The van der Waals surface area contributed by atoms with E-state index < -0.39 is 23.6 Å². The van der Waals surface area contributed by atoms with Gasteiger partial charge in [0.1, 0.15) is 5.70 Å². The molecular formula is C21H20F3N3O3S. The minimum Gasteiger partial charge on any atom is -0.379 e. The summed E-state index contributed by atoms with van der Waals surface area (Å²) in [5, 5.41) is 4.56. The molecule has 4 rings (SSSR count). The van der Waals surface area contributed by atoms with E-state index in [1.54, 1.807) is 17.5 Å². The topological polar surface area (TPSA) is 61.9 Å². The van der Waals surface area contributed by atoms with Crippen molar-refractivity contribution in [1.29, 1.82) is 0 Å². The first kappa shape index (κ1) is 21.5. The molecule has 1 N–H and O–H groups in total. The number of amides is 2. The average molecular weight is 451 g/mol. The predicted molar refractivity (Wildman–Crippen MR) is 110 cm³/mol. The largest absolute Gasteiger partial charge is 0.416 e. The number of rotatable bonds is 6. The second-order valence-electron chi connectivity index (χ2n) is 7.15. The highest BCUT2D eigenvalue weighted by Crippen LogP contribution is 2.35. The lowest BCUT2D eigenvalue weighted by Crippen LogP contribution is -2.43. The smallest absolute Gasteiger partial charge is 0.379 e. The van der Waals surface area contributed by atoms with Crippen LogP contribution in [-0.2, 0) is 20.5 Å². The maximum atomic E-state index is 13.1. The van der Waals surface area contributed by atoms with E-state index in [1.807, 2.05) is 0 Å². The Morgan fingerprint density at radius 1 is 1.03 bits per heavy atom. The molecule has 0 radical (unpaired) electrons. The first-order valence-corrected chi connectivity index (χ1v) is 10.6. The summed E-state index contributed by atoms with van der Waals surface area (Å²) in [4.78, 5) is 30.1. The molecule has 2 aliphatic rings. The fourth-order valence-electron chi connectivity index (χ4n) is 3.53. The standard InChI is InChI=1S/C21H20F3N3O3S/c22-21(23,24)14-3-1-4-15(13-14)25-18-17(16-5-2-12-31-16)19(28)27(20(18)29)7-6-26-8-10-30-11-9-26/h1-5,12-13,25H,6-11H2. The molecule has 0 spiro atoms. The average Bonchev–Trinajstić information content (AvgIpc) is 3.34. The molecular weight excluding hydrogens is 431 g/mol. The molecule has 1 aromatic heterocycles. The van der Waals surface area contributed by atoms with Crippen molar-refractivity contribution in [3.8, 4) is 0 Å². The van der Waals surface area contributed by atoms with Crippen LogP contribution in [0.4, 0.5) is 18.9 Å². The molecule has 164 valence electrons. The minimum absolute atomic E-state index is 0.00579. The lowest BCUT2D eigenvalue weighted by Gasteiger charge is -2.28. The van der Waals surface area contributed by atoms with E-state index in [9.17, 15) is 22.8 Å². The van der Waals surface area contributed by atoms with Crippen LogP contribution in [0.25, 0.3) is 5.57 Å². The SMILES string of the molecule is O=C1C(Nc2cccc(C(F)(F)F)c2)=C(c2cccs2)C(=O)N1CCN1CCOCC1. The summed E-state index contributed by atoms with van der Waals surface area (Å²) in [6.07, 6.45) is -4.51. The summed E-state index contributed by atoms with van der Waals surface area (Å²) < 4.78 is 44.5. The van der Waals surface area contributed by atoms with Gasteiger partial charge in [-0.25, -0.2) is 0 Å². The Kier molecular flexibility index (Phi) is 6.12. The van der Waals surface area contributed by atoms with Gasteiger partial charge in [-0.2, -0.15) is 13.2 Å². The van der Waals surface area contributed by atoms with Crippen molar-refractivity contribution in [2.24, 2.45) is 0 Å². The van der Waals surface area contributed by atoms with Gasteiger partial charge < -0.3 is 10.1 Å². The summed E-state index contributed by atoms with van der Waals surface area (Å²) in [7, 11) is 0. The van der Waals surface area contributed by atoms with Crippen LogP contribution in [0.5, 0.6) is 0 Å².